The fourth-order valence-corrected chi connectivity index (χ4v) is 4.32. The van der Waals surface area contributed by atoms with Gasteiger partial charge in [-0.05, 0) is 58.7 Å². The van der Waals surface area contributed by atoms with Gasteiger partial charge in [0, 0.05) is 44.0 Å². The number of aryl methyl sites for hydroxylation is 1. The molecule has 0 bridgehead atoms. The molecule has 164 valence electrons. The molecule has 1 aromatic rings. The summed E-state index contributed by atoms with van der Waals surface area (Å²) in [5.74, 6) is 2.07. The van der Waals surface area contributed by atoms with E-state index in [2.05, 4.69) is 64.5 Å². The van der Waals surface area contributed by atoms with Crippen molar-refractivity contribution in [3.8, 4) is 0 Å². The van der Waals surface area contributed by atoms with Crippen molar-refractivity contribution >= 4 is 35.8 Å². The number of anilines is 1. The van der Waals surface area contributed by atoms with E-state index in [1.54, 1.807) is 0 Å². The number of aliphatic imine (C=N–C) groups is 1. The minimum absolute atomic E-state index is 0. The first-order valence-electron chi connectivity index (χ1n) is 11.1. The fraction of sp³-hybridized carbons (Fsp3) is 0.727. The zero-order chi connectivity index (χ0) is 19.8. The van der Waals surface area contributed by atoms with Crippen LogP contribution in [0.25, 0.3) is 0 Å². The molecule has 29 heavy (non-hydrogen) atoms. The van der Waals surface area contributed by atoms with Crippen molar-refractivity contribution in [3.05, 3.63) is 23.9 Å². The lowest BCUT2D eigenvalue weighted by molar-refractivity contribution is 0.252. The quantitative estimate of drug-likeness (QED) is 0.332. The molecule has 0 aromatic carbocycles. The maximum absolute atomic E-state index is 4.83. The second-order valence-electron chi connectivity index (χ2n) is 8.22. The van der Waals surface area contributed by atoms with Crippen LogP contribution < -0.4 is 15.5 Å². The van der Waals surface area contributed by atoms with Gasteiger partial charge in [0.25, 0.3) is 0 Å². The van der Waals surface area contributed by atoms with Gasteiger partial charge in [-0.3, -0.25) is 4.99 Å². The Bertz CT molecular complexity index is 623. The summed E-state index contributed by atoms with van der Waals surface area (Å²) in [5.41, 5.74) is 1.09. The van der Waals surface area contributed by atoms with Crippen LogP contribution in [0.2, 0.25) is 0 Å². The molecule has 6 nitrogen and oxygen atoms in total. The Labute approximate surface area is 194 Å². The summed E-state index contributed by atoms with van der Waals surface area (Å²) in [6, 6.07) is 7.52. The van der Waals surface area contributed by atoms with Crippen molar-refractivity contribution in [2.24, 2.45) is 4.99 Å². The standard InChI is InChI=1S/C22H38N6.HI/c1-4-23-22(24-14-17-27(3)20-9-5-6-10-20)26-19-12-15-28(16-13-19)21-11-7-8-18(2)25-21;/h7-8,11,19-20H,4-6,9-10,12-17H2,1-3H3,(H2,23,24,26);1H. The predicted molar refractivity (Wildman–Crippen MR) is 134 cm³/mol. The van der Waals surface area contributed by atoms with Gasteiger partial charge in [0.05, 0.1) is 6.54 Å². The van der Waals surface area contributed by atoms with Crippen molar-refractivity contribution in [2.75, 3.05) is 44.7 Å². The van der Waals surface area contributed by atoms with E-state index < -0.39 is 0 Å². The molecular formula is C22H39IN6. The largest absolute Gasteiger partial charge is 0.357 e. The van der Waals surface area contributed by atoms with Gasteiger partial charge >= 0.3 is 0 Å². The van der Waals surface area contributed by atoms with Gasteiger partial charge in [-0.15, -0.1) is 24.0 Å². The zero-order valence-electron chi connectivity index (χ0n) is 18.4. The van der Waals surface area contributed by atoms with Crippen LogP contribution in [0.15, 0.2) is 23.2 Å². The minimum atomic E-state index is 0. The topological polar surface area (TPSA) is 55.8 Å². The third kappa shape index (κ3) is 7.59. The summed E-state index contributed by atoms with van der Waals surface area (Å²) in [6.45, 7) is 9.06. The van der Waals surface area contributed by atoms with Crippen LogP contribution >= 0.6 is 24.0 Å². The van der Waals surface area contributed by atoms with E-state index >= 15 is 0 Å². The highest BCUT2D eigenvalue weighted by atomic mass is 127. The monoisotopic (exact) mass is 514 g/mol. The van der Waals surface area contributed by atoms with Gasteiger partial charge in [0.1, 0.15) is 5.82 Å². The number of likely N-dealkylation sites (N-methyl/N-ethyl adjacent to an activating group) is 1. The molecule has 0 amide bonds. The van der Waals surface area contributed by atoms with Gasteiger partial charge < -0.3 is 20.4 Å². The van der Waals surface area contributed by atoms with E-state index in [9.17, 15) is 0 Å². The molecule has 1 aromatic heterocycles. The number of halogens is 1. The lowest BCUT2D eigenvalue weighted by Gasteiger charge is -2.34. The maximum Gasteiger partial charge on any atom is 0.191 e. The number of piperidine rings is 1. The Kier molecular flexibility index (Phi) is 10.5. The third-order valence-electron chi connectivity index (χ3n) is 6.05. The summed E-state index contributed by atoms with van der Waals surface area (Å²) in [4.78, 5) is 14.4. The molecule has 0 atom stereocenters. The lowest BCUT2D eigenvalue weighted by Crippen LogP contribution is -2.49. The third-order valence-corrected chi connectivity index (χ3v) is 6.05. The molecule has 0 radical (unpaired) electrons. The molecule has 3 rings (SSSR count). The highest BCUT2D eigenvalue weighted by molar-refractivity contribution is 14.0. The maximum atomic E-state index is 4.83. The number of nitrogens with one attached hydrogen (secondary N) is 2. The van der Waals surface area contributed by atoms with Crippen LogP contribution in [-0.4, -0.2) is 67.7 Å². The number of hydrogen-bond acceptors (Lipinski definition) is 4. The molecule has 0 unspecified atom stereocenters. The van der Waals surface area contributed by atoms with Crippen molar-refractivity contribution in [2.45, 2.75) is 64.5 Å². The van der Waals surface area contributed by atoms with Gasteiger partial charge in [-0.1, -0.05) is 18.9 Å². The Morgan fingerprint density at radius 2 is 1.93 bits per heavy atom. The van der Waals surface area contributed by atoms with Crippen molar-refractivity contribution < 1.29 is 0 Å². The molecular weight excluding hydrogens is 475 g/mol. The predicted octanol–water partition coefficient (Wildman–Crippen LogP) is 3.41. The Balaban J connectivity index is 0.00000300. The highest BCUT2D eigenvalue weighted by Crippen LogP contribution is 2.22. The number of hydrogen-bond donors (Lipinski definition) is 2. The van der Waals surface area contributed by atoms with E-state index in [1.807, 2.05) is 0 Å². The van der Waals surface area contributed by atoms with Crippen molar-refractivity contribution in [1.29, 1.82) is 0 Å². The van der Waals surface area contributed by atoms with Crippen LogP contribution in [0.3, 0.4) is 0 Å². The first kappa shape index (κ1) is 24.2. The van der Waals surface area contributed by atoms with Gasteiger partial charge in [-0.25, -0.2) is 4.98 Å². The van der Waals surface area contributed by atoms with Crippen LogP contribution in [0, 0.1) is 6.92 Å². The molecule has 7 heteroatoms. The van der Waals surface area contributed by atoms with E-state index in [4.69, 9.17) is 4.99 Å². The summed E-state index contributed by atoms with van der Waals surface area (Å²) in [6.07, 6.45) is 7.71. The molecule has 1 saturated heterocycles. The summed E-state index contributed by atoms with van der Waals surface area (Å²) in [7, 11) is 2.25. The molecule has 0 spiro atoms. The summed E-state index contributed by atoms with van der Waals surface area (Å²) < 4.78 is 0. The van der Waals surface area contributed by atoms with E-state index in [1.165, 1.54) is 25.7 Å². The number of aromatic nitrogens is 1. The molecule has 2 fully saturated rings. The minimum Gasteiger partial charge on any atom is -0.357 e. The summed E-state index contributed by atoms with van der Waals surface area (Å²) in [5, 5.41) is 7.07. The number of pyridine rings is 1. The van der Waals surface area contributed by atoms with Crippen LogP contribution in [0.1, 0.15) is 51.1 Å². The average molecular weight is 515 g/mol. The fourth-order valence-electron chi connectivity index (χ4n) is 4.32. The highest BCUT2D eigenvalue weighted by Gasteiger charge is 2.21. The van der Waals surface area contributed by atoms with Crippen LogP contribution in [-0.2, 0) is 0 Å². The first-order valence-corrected chi connectivity index (χ1v) is 11.1. The smallest absolute Gasteiger partial charge is 0.191 e. The Morgan fingerprint density at radius 3 is 2.59 bits per heavy atom. The second-order valence-corrected chi connectivity index (χ2v) is 8.22. The van der Waals surface area contributed by atoms with Crippen LogP contribution in [0.4, 0.5) is 5.82 Å². The van der Waals surface area contributed by atoms with Gasteiger partial charge in [0.2, 0.25) is 0 Å². The van der Waals surface area contributed by atoms with E-state index in [0.717, 1.165) is 69.1 Å². The Morgan fingerprint density at radius 1 is 1.21 bits per heavy atom. The molecule has 1 aliphatic carbocycles. The molecule has 2 N–H and O–H groups in total. The second kappa shape index (κ2) is 12.6. The molecule has 1 saturated carbocycles. The van der Waals surface area contributed by atoms with Crippen molar-refractivity contribution in [1.82, 2.24) is 20.5 Å². The number of guanidine groups is 1. The van der Waals surface area contributed by atoms with Crippen molar-refractivity contribution in [3.63, 3.8) is 0 Å². The molecule has 1 aliphatic heterocycles. The molecule has 2 aliphatic rings. The zero-order valence-corrected chi connectivity index (χ0v) is 20.7. The number of rotatable bonds is 7. The van der Waals surface area contributed by atoms with E-state index in [0.29, 0.717) is 6.04 Å². The Hall–Kier alpha value is -1.09. The van der Waals surface area contributed by atoms with Crippen LogP contribution in [0.5, 0.6) is 0 Å². The first-order chi connectivity index (χ1) is 13.7. The van der Waals surface area contributed by atoms with Gasteiger partial charge in [0.15, 0.2) is 5.96 Å². The normalized spacial score (nSPS) is 18.8. The number of nitrogens with zero attached hydrogens (tertiary/aromatic N) is 4. The summed E-state index contributed by atoms with van der Waals surface area (Å²) >= 11 is 0. The van der Waals surface area contributed by atoms with E-state index in [-0.39, 0.29) is 24.0 Å². The SMILES string of the molecule is CCNC(=NCCN(C)C1CCCC1)NC1CCN(c2cccc(C)n2)CC1.I. The van der Waals surface area contributed by atoms with Gasteiger partial charge in [-0.2, -0.15) is 0 Å². The molecule has 2 heterocycles. The average Bonchev–Trinajstić information content (AvgIpc) is 3.23. The lowest BCUT2D eigenvalue weighted by atomic mass is 10.1.